The van der Waals surface area contributed by atoms with E-state index in [9.17, 15) is 4.79 Å². The Morgan fingerprint density at radius 3 is 2.52 bits per heavy atom. The number of anilines is 3. The van der Waals surface area contributed by atoms with Gasteiger partial charge in [0.05, 0.1) is 5.56 Å². The number of aryl methyl sites for hydroxylation is 1. The van der Waals surface area contributed by atoms with Crippen LogP contribution in [0.2, 0.25) is 0 Å². The monoisotopic (exact) mass is 340 g/mol. The van der Waals surface area contributed by atoms with Crippen LogP contribution in [-0.4, -0.2) is 27.1 Å². The van der Waals surface area contributed by atoms with E-state index in [4.69, 9.17) is 5.11 Å². The van der Waals surface area contributed by atoms with Gasteiger partial charge >= 0.3 is 5.97 Å². The summed E-state index contributed by atoms with van der Waals surface area (Å²) < 4.78 is 0. The van der Waals surface area contributed by atoms with Crippen molar-refractivity contribution in [2.24, 2.45) is 0 Å². The first-order chi connectivity index (χ1) is 12.1. The fourth-order valence-corrected chi connectivity index (χ4v) is 3.22. The molecule has 0 bridgehead atoms. The van der Waals surface area contributed by atoms with Crippen LogP contribution in [0.15, 0.2) is 30.3 Å². The molecule has 3 N–H and O–H groups in total. The second-order valence-electron chi connectivity index (χ2n) is 6.53. The summed E-state index contributed by atoms with van der Waals surface area (Å²) in [4.78, 5) is 20.0. The van der Waals surface area contributed by atoms with Crippen LogP contribution in [-0.2, 0) is 0 Å². The van der Waals surface area contributed by atoms with Crippen LogP contribution >= 0.6 is 0 Å². The Bertz CT molecular complexity index is 740. The van der Waals surface area contributed by atoms with Crippen LogP contribution in [0.3, 0.4) is 0 Å². The van der Waals surface area contributed by atoms with Crippen LogP contribution in [0, 0.1) is 6.92 Å². The van der Waals surface area contributed by atoms with Crippen molar-refractivity contribution in [3.05, 3.63) is 41.7 Å². The molecule has 2 aromatic rings. The fraction of sp³-hybridized carbons (Fsp3) is 0.421. The van der Waals surface area contributed by atoms with Gasteiger partial charge in [-0.25, -0.2) is 14.8 Å². The van der Waals surface area contributed by atoms with Crippen molar-refractivity contribution in [2.45, 2.75) is 51.5 Å². The van der Waals surface area contributed by atoms with Gasteiger partial charge < -0.3 is 15.7 Å². The SMILES string of the molecule is Cc1nc(Nc2cccc(C(=O)O)c2)cc(NC2CCCCCC2)n1. The molecule has 6 heteroatoms. The minimum absolute atomic E-state index is 0.243. The van der Waals surface area contributed by atoms with Gasteiger partial charge in [-0.2, -0.15) is 0 Å². The molecule has 0 radical (unpaired) electrons. The number of benzene rings is 1. The molecule has 132 valence electrons. The third kappa shape index (κ3) is 4.92. The molecule has 1 aliphatic rings. The topological polar surface area (TPSA) is 87.1 Å². The summed E-state index contributed by atoms with van der Waals surface area (Å²) in [5, 5.41) is 15.8. The van der Waals surface area contributed by atoms with Crippen molar-refractivity contribution >= 4 is 23.3 Å². The highest BCUT2D eigenvalue weighted by Gasteiger charge is 2.13. The van der Waals surface area contributed by atoms with E-state index in [-0.39, 0.29) is 5.56 Å². The van der Waals surface area contributed by atoms with E-state index in [0.717, 1.165) is 5.82 Å². The van der Waals surface area contributed by atoms with Gasteiger partial charge in [-0.1, -0.05) is 31.7 Å². The summed E-state index contributed by atoms with van der Waals surface area (Å²) >= 11 is 0. The number of nitrogens with one attached hydrogen (secondary N) is 2. The first kappa shape index (κ1) is 17.2. The minimum atomic E-state index is -0.946. The number of carboxylic acids is 1. The molecule has 25 heavy (non-hydrogen) atoms. The van der Waals surface area contributed by atoms with Crippen LogP contribution in [0.1, 0.15) is 54.7 Å². The van der Waals surface area contributed by atoms with Crippen molar-refractivity contribution in [3.8, 4) is 0 Å². The maximum absolute atomic E-state index is 11.1. The predicted molar refractivity (Wildman–Crippen MR) is 98.6 cm³/mol. The number of hydrogen-bond donors (Lipinski definition) is 3. The molecule has 0 atom stereocenters. The summed E-state index contributed by atoms with van der Waals surface area (Å²) in [7, 11) is 0. The molecular weight excluding hydrogens is 316 g/mol. The minimum Gasteiger partial charge on any atom is -0.478 e. The fourth-order valence-electron chi connectivity index (χ4n) is 3.22. The Hall–Kier alpha value is -2.63. The molecular formula is C19H24N4O2. The maximum Gasteiger partial charge on any atom is 0.335 e. The lowest BCUT2D eigenvalue weighted by Gasteiger charge is -2.18. The van der Waals surface area contributed by atoms with Gasteiger partial charge in [0.2, 0.25) is 0 Å². The van der Waals surface area contributed by atoms with Gasteiger partial charge in [-0.15, -0.1) is 0 Å². The number of aromatic nitrogens is 2. The number of carboxylic acid groups (broad SMARTS) is 1. The van der Waals surface area contributed by atoms with E-state index in [1.165, 1.54) is 38.5 Å². The van der Waals surface area contributed by atoms with E-state index in [0.29, 0.717) is 23.4 Å². The zero-order valence-corrected chi connectivity index (χ0v) is 14.5. The number of rotatable bonds is 5. The molecule has 1 heterocycles. The third-order valence-corrected chi connectivity index (χ3v) is 4.43. The zero-order chi connectivity index (χ0) is 17.6. The number of nitrogens with zero attached hydrogens (tertiary/aromatic N) is 2. The molecule has 1 aromatic heterocycles. The Kier molecular flexibility index (Phi) is 5.48. The van der Waals surface area contributed by atoms with Crippen LogP contribution in [0.25, 0.3) is 0 Å². The van der Waals surface area contributed by atoms with Gasteiger partial charge in [0.1, 0.15) is 17.5 Å². The summed E-state index contributed by atoms with van der Waals surface area (Å²) in [5.41, 5.74) is 0.936. The molecule has 1 saturated carbocycles. The molecule has 0 spiro atoms. The highest BCUT2D eigenvalue weighted by molar-refractivity contribution is 5.89. The van der Waals surface area contributed by atoms with E-state index in [1.54, 1.807) is 18.2 Å². The molecule has 0 amide bonds. The highest BCUT2D eigenvalue weighted by atomic mass is 16.4. The predicted octanol–water partition coefficient (Wildman–Crippen LogP) is 4.36. The normalized spacial score (nSPS) is 15.4. The summed E-state index contributed by atoms with van der Waals surface area (Å²) in [6, 6.07) is 9.04. The van der Waals surface area contributed by atoms with Gasteiger partial charge in [-0.05, 0) is 38.0 Å². The van der Waals surface area contributed by atoms with Gasteiger partial charge in [0.25, 0.3) is 0 Å². The van der Waals surface area contributed by atoms with E-state index >= 15 is 0 Å². The number of hydrogen-bond acceptors (Lipinski definition) is 5. The standard InChI is InChI=1S/C19H24N4O2/c1-13-20-17(22-15-8-4-2-3-5-9-15)12-18(21-13)23-16-10-6-7-14(11-16)19(24)25/h6-7,10-12,15H,2-5,8-9H2,1H3,(H,24,25)(H2,20,21,22,23). The Labute approximate surface area is 147 Å². The lowest BCUT2D eigenvalue weighted by Crippen LogP contribution is -2.19. The molecule has 0 aliphatic heterocycles. The number of carbonyl (C=O) groups is 1. The van der Waals surface area contributed by atoms with Crippen molar-refractivity contribution in [3.63, 3.8) is 0 Å². The van der Waals surface area contributed by atoms with E-state index < -0.39 is 5.97 Å². The zero-order valence-electron chi connectivity index (χ0n) is 14.5. The molecule has 1 fully saturated rings. The largest absolute Gasteiger partial charge is 0.478 e. The molecule has 0 saturated heterocycles. The average Bonchev–Trinajstić information content (AvgIpc) is 2.83. The third-order valence-electron chi connectivity index (χ3n) is 4.43. The van der Waals surface area contributed by atoms with Gasteiger partial charge in [-0.3, -0.25) is 0 Å². The Morgan fingerprint density at radius 2 is 1.80 bits per heavy atom. The lowest BCUT2D eigenvalue weighted by molar-refractivity contribution is 0.0697. The van der Waals surface area contributed by atoms with Crippen molar-refractivity contribution in [2.75, 3.05) is 10.6 Å². The maximum atomic E-state index is 11.1. The van der Waals surface area contributed by atoms with E-state index in [2.05, 4.69) is 20.6 Å². The molecule has 6 nitrogen and oxygen atoms in total. The Morgan fingerprint density at radius 1 is 1.08 bits per heavy atom. The van der Waals surface area contributed by atoms with Crippen LogP contribution in [0.5, 0.6) is 0 Å². The first-order valence-corrected chi connectivity index (χ1v) is 8.83. The summed E-state index contributed by atoms with van der Waals surface area (Å²) in [6.45, 7) is 1.86. The molecule has 1 aromatic carbocycles. The second-order valence-corrected chi connectivity index (χ2v) is 6.53. The second kappa shape index (κ2) is 7.96. The first-order valence-electron chi connectivity index (χ1n) is 8.83. The summed E-state index contributed by atoms with van der Waals surface area (Å²) in [6.07, 6.45) is 7.49. The molecule has 3 rings (SSSR count). The van der Waals surface area contributed by atoms with E-state index in [1.807, 2.05) is 19.1 Å². The van der Waals surface area contributed by atoms with Crippen LogP contribution < -0.4 is 10.6 Å². The highest BCUT2D eigenvalue weighted by Crippen LogP contribution is 2.23. The average molecular weight is 340 g/mol. The smallest absolute Gasteiger partial charge is 0.335 e. The summed E-state index contributed by atoms with van der Waals surface area (Å²) in [5.74, 6) is 1.20. The lowest BCUT2D eigenvalue weighted by atomic mass is 10.1. The molecule has 0 unspecified atom stereocenters. The number of aromatic carboxylic acids is 1. The Balaban J connectivity index is 1.74. The molecule has 1 aliphatic carbocycles. The van der Waals surface area contributed by atoms with Crippen molar-refractivity contribution in [1.29, 1.82) is 0 Å². The quantitative estimate of drug-likeness (QED) is 0.701. The van der Waals surface area contributed by atoms with Gasteiger partial charge in [0.15, 0.2) is 0 Å². The van der Waals surface area contributed by atoms with Crippen molar-refractivity contribution < 1.29 is 9.90 Å². The van der Waals surface area contributed by atoms with Crippen LogP contribution in [0.4, 0.5) is 17.3 Å². The van der Waals surface area contributed by atoms with Gasteiger partial charge in [0, 0.05) is 17.8 Å². The van der Waals surface area contributed by atoms with Crippen molar-refractivity contribution in [1.82, 2.24) is 9.97 Å².